The lowest BCUT2D eigenvalue weighted by Crippen LogP contribution is -2.62. The van der Waals surface area contributed by atoms with Crippen molar-refractivity contribution < 1.29 is 31.6 Å². The van der Waals surface area contributed by atoms with Crippen LogP contribution in [0.4, 0.5) is 13.2 Å². The van der Waals surface area contributed by atoms with E-state index in [4.69, 9.17) is 14.3 Å². The molecule has 0 radical (unpaired) electrons. The van der Waals surface area contributed by atoms with Gasteiger partial charge in [0, 0.05) is 40.9 Å². The third-order valence-electron chi connectivity index (χ3n) is 5.24. The molecule has 11 heteroatoms. The van der Waals surface area contributed by atoms with Gasteiger partial charge in [-0.25, -0.2) is 4.21 Å². The van der Waals surface area contributed by atoms with E-state index in [1.165, 1.54) is 0 Å². The Morgan fingerprint density at radius 2 is 1.92 bits per heavy atom. The molecule has 1 atom stereocenters. The molecule has 26 heavy (non-hydrogen) atoms. The summed E-state index contributed by atoms with van der Waals surface area (Å²) in [6.45, 7) is -0.0945. The number of carbonyl (C=O) groups is 1. The molecule has 3 aliphatic heterocycles. The molecule has 3 fully saturated rings. The number of alkyl halides is 3. The highest BCUT2D eigenvalue weighted by atomic mass is 32.2. The summed E-state index contributed by atoms with van der Waals surface area (Å²) in [7, 11) is -2.58. The van der Waals surface area contributed by atoms with Gasteiger partial charge in [0.2, 0.25) is 5.91 Å². The second kappa shape index (κ2) is 7.25. The summed E-state index contributed by atoms with van der Waals surface area (Å²) in [5.74, 6) is 0.0672. The van der Waals surface area contributed by atoms with Crippen LogP contribution in [0.15, 0.2) is 0 Å². The first-order chi connectivity index (χ1) is 12.1. The molecule has 7 nitrogen and oxygen atoms in total. The van der Waals surface area contributed by atoms with Crippen LogP contribution in [0.3, 0.4) is 0 Å². The number of morpholine rings is 2. The van der Waals surface area contributed by atoms with Crippen molar-refractivity contribution in [2.45, 2.75) is 30.7 Å². The Morgan fingerprint density at radius 3 is 2.58 bits per heavy atom. The highest BCUT2D eigenvalue weighted by Gasteiger charge is 2.45. The molecule has 0 aromatic heterocycles. The van der Waals surface area contributed by atoms with Crippen molar-refractivity contribution in [3.63, 3.8) is 0 Å². The van der Waals surface area contributed by atoms with Crippen LogP contribution in [-0.2, 0) is 24.0 Å². The van der Waals surface area contributed by atoms with Crippen molar-refractivity contribution in [2.24, 2.45) is 0 Å². The molecule has 3 saturated heterocycles. The number of amides is 1. The van der Waals surface area contributed by atoms with E-state index < -0.39 is 34.1 Å². The fourth-order valence-corrected chi connectivity index (χ4v) is 5.37. The summed E-state index contributed by atoms with van der Waals surface area (Å²) >= 11 is 0. The van der Waals surface area contributed by atoms with Crippen LogP contribution in [0.25, 0.3) is 0 Å². The van der Waals surface area contributed by atoms with Crippen LogP contribution in [-0.4, -0.2) is 95.2 Å². The number of halogens is 3. The molecule has 0 saturated carbocycles. The van der Waals surface area contributed by atoms with Gasteiger partial charge in [0.25, 0.3) is 0 Å². The van der Waals surface area contributed by atoms with Crippen molar-refractivity contribution in [3.8, 4) is 0 Å². The van der Waals surface area contributed by atoms with E-state index in [-0.39, 0.29) is 50.3 Å². The molecule has 0 bridgehead atoms. The molecule has 0 aromatic carbocycles. The van der Waals surface area contributed by atoms with Crippen molar-refractivity contribution in [3.05, 3.63) is 0 Å². The highest BCUT2D eigenvalue weighted by Crippen LogP contribution is 2.32. The zero-order chi connectivity index (χ0) is 19.0. The molecule has 1 amide bonds. The topological polar surface area (TPSA) is 82.9 Å². The third-order valence-corrected chi connectivity index (χ3v) is 6.97. The Kier molecular flexibility index (Phi) is 5.53. The van der Waals surface area contributed by atoms with Crippen LogP contribution in [0.1, 0.15) is 12.8 Å². The standard InChI is InChI=1S/C15H24F3N3O4S/c16-15(17,18)11-20-3-5-24-9-12(20)13(22)21-4-6-25-14(10-21)1-7-26(19,23)8-2-14/h12,19H,1-11H2. The van der Waals surface area contributed by atoms with Crippen LogP contribution >= 0.6 is 0 Å². The van der Waals surface area contributed by atoms with Crippen molar-refractivity contribution >= 4 is 15.6 Å². The van der Waals surface area contributed by atoms with E-state index in [0.29, 0.717) is 19.4 Å². The van der Waals surface area contributed by atoms with E-state index in [9.17, 15) is 22.2 Å². The van der Waals surface area contributed by atoms with E-state index >= 15 is 0 Å². The Bertz CT molecular complexity index is 627. The van der Waals surface area contributed by atoms with Crippen molar-refractivity contribution in [1.82, 2.24) is 9.80 Å². The normalized spacial score (nSPS) is 37.0. The minimum absolute atomic E-state index is 0.0557. The molecule has 3 rings (SSSR count). The van der Waals surface area contributed by atoms with Gasteiger partial charge in [-0.2, -0.15) is 13.2 Å². The lowest BCUT2D eigenvalue weighted by Gasteiger charge is -2.47. The Hall–Kier alpha value is -0.910. The first-order valence-corrected chi connectivity index (χ1v) is 10.5. The third kappa shape index (κ3) is 4.68. The van der Waals surface area contributed by atoms with Crippen LogP contribution < -0.4 is 0 Å². The molecule has 1 spiro atoms. The molecule has 3 aliphatic rings. The predicted octanol–water partition coefficient (Wildman–Crippen LogP) is 0.688. The zero-order valence-corrected chi connectivity index (χ0v) is 15.2. The second-order valence-corrected chi connectivity index (χ2v) is 9.63. The van der Waals surface area contributed by atoms with Crippen LogP contribution in [0.2, 0.25) is 0 Å². The molecular formula is C15H24F3N3O4S. The summed E-state index contributed by atoms with van der Waals surface area (Å²) in [5, 5.41) is 0. The van der Waals surface area contributed by atoms with Crippen LogP contribution in [0, 0.1) is 4.78 Å². The van der Waals surface area contributed by atoms with Gasteiger partial charge in [-0.05, 0) is 12.8 Å². The van der Waals surface area contributed by atoms with Gasteiger partial charge in [-0.3, -0.25) is 14.5 Å². The fraction of sp³-hybridized carbons (Fsp3) is 0.933. The second-order valence-electron chi connectivity index (χ2n) is 7.19. The smallest absolute Gasteiger partial charge is 0.378 e. The van der Waals surface area contributed by atoms with Crippen molar-refractivity contribution in [1.29, 1.82) is 4.78 Å². The number of nitrogens with zero attached hydrogens (tertiary/aromatic N) is 2. The number of carbonyl (C=O) groups excluding carboxylic acids is 1. The Balaban J connectivity index is 1.68. The van der Waals surface area contributed by atoms with Gasteiger partial charge >= 0.3 is 6.18 Å². The van der Waals surface area contributed by atoms with Gasteiger partial charge in [0.1, 0.15) is 6.04 Å². The molecule has 150 valence electrons. The lowest BCUT2D eigenvalue weighted by molar-refractivity contribution is -0.177. The van der Waals surface area contributed by atoms with E-state index in [0.717, 1.165) is 4.90 Å². The van der Waals surface area contributed by atoms with Crippen molar-refractivity contribution in [2.75, 3.05) is 57.5 Å². The number of ether oxygens (including phenoxy) is 2. The quantitative estimate of drug-likeness (QED) is 0.739. The van der Waals surface area contributed by atoms with E-state index in [1.807, 2.05) is 0 Å². The average Bonchev–Trinajstić information content (AvgIpc) is 2.57. The molecule has 1 N–H and O–H groups in total. The maximum atomic E-state index is 12.9. The van der Waals surface area contributed by atoms with Gasteiger partial charge in [0.15, 0.2) is 0 Å². The molecular weight excluding hydrogens is 375 g/mol. The summed E-state index contributed by atoms with van der Waals surface area (Å²) < 4.78 is 69.1. The van der Waals surface area contributed by atoms with Gasteiger partial charge in [0.05, 0.1) is 32.0 Å². The van der Waals surface area contributed by atoms with Crippen LogP contribution in [0.5, 0.6) is 0 Å². The zero-order valence-electron chi connectivity index (χ0n) is 14.4. The maximum absolute atomic E-state index is 12.9. The first-order valence-electron chi connectivity index (χ1n) is 8.65. The van der Waals surface area contributed by atoms with Gasteiger partial charge in [-0.15, -0.1) is 0 Å². The maximum Gasteiger partial charge on any atom is 0.401 e. The van der Waals surface area contributed by atoms with E-state index in [1.54, 1.807) is 4.90 Å². The van der Waals surface area contributed by atoms with E-state index in [2.05, 4.69) is 0 Å². The highest BCUT2D eigenvalue weighted by molar-refractivity contribution is 7.92. The molecule has 0 aromatic rings. The molecule has 0 aliphatic carbocycles. The summed E-state index contributed by atoms with van der Waals surface area (Å²) in [4.78, 5) is 15.6. The summed E-state index contributed by atoms with van der Waals surface area (Å²) in [5.41, 5.74) is -0.639. The largest absolute Gasteiger partial charge is 0.401 e. The Morgan fingerprint density at radius 1 is 1.23 bits per heavy atom. The molecule has 3 heterocycles. The SMILES string of the molecule is N=S1(=O)CCC2(CC1)CN(C(=O)C1COCCN1CC(F)(F)F)CCO2. The minimum atomic E-state index is -4.38. The number of rotatable bonds is 2. The summed E-state index contributed by atoms with van der Waals surface area (Å²) in [6.07, 6.45) is -3.53. The van der Waals surface area contributed by atoms with Gasteiger partial charge < -0.3 is 14.4 Å². The number of nitrogens with one attached hydrogen (secondary N) is 1. The minimum Gasteiger partial charge on any atom is -0.378 e. The monoisotopic (exact) mass is 399 g/mol. The van der Waals surface area contributed by atoms with Gasteiger partial charge in [-0.1, -0.05) is 0 Å². The number of hydrogen-bond donors (Lipinski definition) is 1. The predicted molar refractivity (Wildman–Crippen MR) is 87.3 cm³/mol. The first kappa shape index (κ1) is 19.8. The Labute approximate surface area is 150 Å². The fourth-order valence-electron chi connectivity index (χ4n) is 3.76. The molecule has 1 unspecified atom stereocenters. The number of hydrogen-bond acceptors (Lipinski definition) is 6. The lowest BCUT2D eigenvalue weighted by atomic mass is 9.94. The summed E-state index contributed by atoms with van der Waals surface area (Å²) in [6, 6.07) is -0.954. The average molecular weight is 399 g/mol.